The molecule has 0 radical (unpaired) electrons. The molecule has 28 heavy (non-hydrogen) atoms. The maximum atomic E-state index is 12.2. The van der Waals surface area contributed by atoms with Gasteiger partial charge in [0.05, 0.1) is 6.54 Å². The summed E-state index contributed by atoms with van der Waals surface area (Å²) in [5, 5.41) is 8.70. The zero-order chi connectivity index (χ0) is 20.5. The van der Waals surface area contributed by atoms with E-state index in [1.54, 1.807) is 36.4 Å². The Labute approximate surface area is 166 Å². The van der Waals surface area contributed by atoms with E-state index in [0.29, 0.717) is 23.6 Å². The highest BCUT2D eigenvalue weighted by molar-refractivity contribution is 5.95. The van der Waals surface area contributed by atoms with Gasteiger partial charge < -0.3 is 20.7 Å². The molecule has 0 saturated heterocycles. The summed E-state index contributed by atoms with van der Waals surface area (Å²) in [6.07, 6.45) is 0. The third kappa shape index (κ3) is 7.15. The van der Waals surface area contributed by atoms with Crippen LogP contribution in [0.1, 0.15) is 31.1 Å². The first-order valence-electron chi connectivity index (χ1n) is 9.15. The average molecular weight is 381 g/mol. The zero-order valence-electron chi connectivity index (χ0n) is 16.5. The Morgan fingerprint density at radius 3 is 2.43 bits per heavy atom. The van der Waals surface area contributed by atoms with Crippen LogP contribution in [-0.4, -0.2) is 31.0 Å². The number of amides is 2. The number of hydrogen-bond acceptors (Lipinski definition) is 4. The molecule has 6 heteroatoms. The molecule has 0 atom stereocenters. The first-order valence-corrected chi connectivity index (χ1v) is 9.15. The van der Waals surface area contributed by atoms with Crippen LogP contribution in [0.4, 0.5) is 11.4 Å². The van der Waals surface area contributed by atoms with Crippen molar-refractivity contribution >= 4 is 23.2 Å². The maximum absolute atomic E-state index is 12.2. The average Bonchev–Trinajstić information content (AvgIpc) is 2.65. The summed E-state index contributed by atoms with van der Waals surface area (Å²) in [5.74, 6) is 0.371. The van der Waals surface area contributed by atoms with E-state index in [1.807, 2.05) is 32.9 Å². The van der Waals surface area contributed by atoms with Gasteiger partial charge in [-0.05, 0) is 62.7 Å². The van der Waals surface area contributed by atoms with Gasteiger partial charge in [-0.1, -0.05) is 12.6 Å². The van der Waals surface area contributed by atoms with Crippen LogP contribution in [-0.2, 0) is 4.79 Å². The summed E-state index contributed by atoms with van der Waals surface area (Å²) >= 11 is 0. The highest BCUT2D eigenvalue weighted by Crippen LogP contribution is 2.18. The molecule has 0 unspecified atom stereocenters. The van der Waals surface area contributed by atoms with Crippen LogP contribution in [0.25, 0.3) is 0 Å². The first-order chi connectivity index (χ1) is 13.3. The lowest BCUT2D eigenvalue weighted by atomic mass is 10.2. The Kier molecular flexibility index (Phi) is 7.63. The second-order valence-corrected chi connectivity index (χ2v) is 6.88. The molecule has 0 bridgehead atoms. The van der Waals surface area contributed by atoms with Crippen molar-refractivity contribution in [2.45, 2.75) is 26.8 Å². The van der Waals surface area contributed by atoms with E-state index >= 15 is 0 Å². The highest BCUT2D eigenvalue weighted by Gasteiger charge is 2.07. The normalized spacial score (nSPS) is 10.3. The molecule has 0 saturated carbocycles. The Bertz CT molecular complexity index is 829. The molecule has 3 N–H and O–H groups in total. The number of carbonyl (C=O) groups is 2. The van der Waals surface area contributed by atoms with Gasteiger partial charge in [-0.2, -0.15) is 0 Å². The van der Waals surface area contributed by atoms with Crippen molar-refractivity contribution in [1.82, 2.24) is 5.32 Å². The number of benzene rings is 2. The minimum Gasteiger partial charge on any atom is -0.489 e. The van der Waals surface area contributed by atoms with E-state index in [2.05, 4.69) is 22.5 Å². The standard InChI is InChI=1S/C22H27N3O3/c1-15(2)14-28-20-7-5-6-19(12-20)25-21(26)13-23-18-10-8-17(9-11-18)22(27)24-16(3)4/h5-12,16,23H,1,13-14H2,2-4H3,(H,24,27)(H,25,26). The number of hydrogen-bond donors (Lipinski definition) is 3. The summed E-state index contributed by atoms with van der Waals surface area (Å²) in [6, 6.07) is 14.3. The molecule has 0 aliphatic rings. The van der Waals surface area contributed by atoms with E-state index in [1.165, 1.54) is 0 Å². The van der Waals surface area contributed by atoms with Crippen LogP contribution in [0.15, 0.2) is 60.7 Å². The van der Waals surface area contributed by atoms with Crippen LogP contribution < -0.4 is 20.7 Å². The molecule has 0 fully saturated rings. The van der Waals surface area contributed by atoms with Gasteiger partial charge in [0.1, 0.15) is 12.4 Å². The smallest absolute Gasteiger partial charge is 0.251 e. The van der Waals surface area contributed by atoms with Gasteiger partial charge in [-0.3, -0.25) is 9.59 Å². The van der Waals surface area contributed by atoms with E-state index in [-0.39, 0.29) is 24.4 Å². The summed E-state index contributed by atoms with van der Waals surface area (Å²) in [6.45, 7) is 10.0. The lowest BCUT2D eigenvalue weighted by Crippen LogP contribution is -2.30. The van der Waals surface area contributed by atoms with Crippen molar-refractivity contribution in [2.24, 2.45) is 0 Å². The predicted octanol–water partition coefficient (Wildman–Crippen LogP) is 3.83. The number of ether oxygens (including phenoxy) is 1. The van der Waals surface area contributed by atoms with Gasteiger partial charge in [0.15, 0.2) is 0 Å². The maximum Gasteiger partial charge on any atom is 0.251 e. The Hall–Kier alpha value is -3.28. The van der Waals surface area contributed by atoms with E-state index in [4.69, 9.17) is 4.74 Å². The van der Waals surface area contributed by atoms with Crippen molar-refractivity contribution in [3.8, 4) is 5.75 Å². The number of rotatable bonds is 9. The van der Waals surface area contributed by atoms with Crippen molar-refractivity contribution in [1.29, 1.82) is 0 Å². The molecule has 0 heterocycles. The van der Waals surface area contributed by atoms with Crippen LogP contribution in [0.3, 0.4) is 0 Å². The van der Waals surface area contributed by atoms with Crippen LogP contribution >= 0.6 is 0 Å². The first kappa shape index (κ1) is 21.0. The van der Waals surface area contributed by atoms with Crippen molar-refractivity contribution in [3.05, 3.63) is 66.2 Å². The molecule has 0 aliphatic carbocycles. The Morgan fingerprint density at radius 2 is 1.79 bits per heavy atom. The molecular formula is C22H27N3O3. The molecule has 2 rings (SSSR count). The SMILES string of the molecule is C=C(C)COc1cccc(NC(=O)CNc2ccc(C(=O)NC(C)C)cc2)c1. The molecule has 2 aromatic carbocycles. The quantitative estimate of drug-likeness (QED) is 0.577. The van der Waals surface area contributed by atoms with Gasteiger partial charge in [0, 0.05) is 29.0 Å². The third-order valence-corrected chi connectivity index (χ3v) is 3.62. The monoisotopic (exact) mass is 381 g/mol. The van der Waals surface area contributed by atoms with E-state index in [0.717, 1.165) is 11.3 Å². The zero-order valence-corrected chi connectivity index (χ0v) is 16.5. The molecule has 0 spiro atoms. The van der Waals surface area contributed by atoms with Crippen LogP contribution in [0.5, 0.6) is 5.75 Å². The fourth-order valence-electron chi connectivity index (χ4n) is 2.34. The number of carbonyl (C=O) groups excluding carboxylic acids is 2. The second-order valence-electron chi connectivity index (χ2n) is 6.88. The summed E-state index contributed by atoms with van der Waals surface area (Å²) < 4.78 is 5.57. The minimum absolute atomic E-state index is 0.0821. The molecule has 0 aliphatic heterocycles. The van der Waals surface area contributed by atoms with E-state index in [9.17, 15) is 9.59 Å². The molecule has 6 nitrogen and oxygen atoms in total. The van der Waals surface area contributed by atoms with Gasteiger partial charge in [0.25, 0.3) is 5.91 Å². The van der Waals surface area contributed by atoms with Crippen molar-refractivity contribution < 1.29 is 14.3 Å². The van der Waals surface area contributed by atoms with Gasteiger partial charge >= 0.3 is 0 Å². The number of anilines is 2. The summed E-state index contributed by atoms with van der Waals surface area (Å²) in [5.41, 5.74) is 2.92. The summed E-state index contributed by atoms with van der Waals surface area (Å²) in [7, 11) is 0. The molecule has 2 aromatic rings. The fourth-order valence-corrected chi connectivity index (χ4v) is 2.34. The highest BCUT2D eigenvalue weighted by atomic mass is 16.5. The fraction of sp³-hybridized carbons (Fsp3) is 0.273. The Morgan fingerprint density at radius 1 is 1.07 bits per heavy atom. The molecule has 148 valence electrons. The topological polar surface area (TPSA) is 79.5 Å². The predicted molar refractivity (Wildman–Crippen MR) is 113 cm³/mol. The van der Waals surface area contributed by atoms with Crippen molar-refractivity contribution in [3.63, 3.8) is 0 Å². The lowest BCUT2D eigenvalue weighted by molar-refractivity contribution is -0.114. The minimum atomic E-state index is -0.182. The van der Waals surface area contributed by atoms with Gasteiger partial charge in [0.2, 0.25) is 5.91 Å². The summed E-state index contributed by atoms with van der Waals surface area (Å²) in [4.78, 5) is 24.1. The Balaban J connectivity index is 1.84. The van der Waals surface area contributed by atoms with Gasteiger partial charge in [-0.25, -0.2) is 0 Å². The lowest BCUT2D eigenvalue weighted by Gasteiger charge is -2.11. The third-order valence-electron chi connectivity index (χ3n) is 3.62. The largest absolute Gasteiger partial charge is 0.489 e. The number of nitrogens with one attached hydrogen (secondary N) is 3. The molecule has 0 aromatic heterocycles. The second kappa shape index (κ2) is 10.2. The van der Waals surface area contributed by atoms with E-state index < -0.39 is 0 Å². The van der Waals surface area contributed by atoms with Gasteiger partial charge in [-0.15, -0.1) is 0 Å². The van der Waals surface area contributed by atoms with Crippen LogP contribution in [0.2, 0.25) is 0 Å². The van der Waals surface area contributed by atoms with Crippen LogP contribution in [0, 0.1) is 0 Å². The molecule has 2 amide bonds. The van der Waals surface area contributed by atoms with Crippen molar-refractivity contribution in [2.75, 3.05) is 23.8 Å². The molecular weight excluding hydrogens is 354 g/mol.